The van der Waals surface area contributed by atoms with Gasteiger partial charge in [0.25, 0.3) is 0 Å². The van der Waals surface area contributed by atoms with E-state index >= 15 is 0 Å². The van der Waals surface area contributed by atoms with Crippen LogP contribution in [0.2, 0.25) is 0 Å². The van der Waals surface area contributed by atoms with Gasteiger partial charge in [-0.3, -0.25) is 14.5 Å². The van der Waals surface area contributed by atoms with Crippen LogP contribution in [0.3, 0.4) is 0 Å². The summed E-state index contributed by atoms with van der Waals surface area (Å²) < 4.78 is 0. The molecule has 0 N–H and O–H groups in total. The van der Waals surface area contributed by atoms with Gasteiger partial charge in [-0.15, -0.1) is 0 Å². The molecule has 4 rings (SSSR count). The van der Waals surface area contributed by atoms with Crippen LogP contribution in [-0.2, 0) is 9.59 Å². The zero-order chi connectivity index (χ0) is 16.7. The van der Waals surface area contributed by atoms with Gasteiger partial charge in [0.15, 0.2) is 0 Å². The summed E-state index contributed by atoms with van der Waals surface area (Å²) >= 11 is 0. The van der Waals surface area contributed by atoms with Crippen molar-refractivity contribution < 1.29 is 9.59 Å². The molecule has 0 aromatic heterocycles. The molecule has 24 heavy (non-hydrogen) atoms. The third-order valence-electron chi connectivity index (χ3n) is 5.46. The SMILES string of the molecule is Cc1cccc(N2C(=O)[C@H]3C[C@H](c4ccccc4)CC[C@H]3C2=O)c1. The van der Waals surface area contributed by atoms with Gasteiger partial charge < -0.3 is 0 Å². The highest BCUT2D eigenvalue weighted by Gasteiger charge is 2.50. The molecule has 3 nitrogen and oxygen atoms in total. The molecule has 0 bridgehead atoms. The number of amides is 2. The summed E-state index contributed by atoms with van der Waals surface area (Å²) in [5.74, 6) is 0.0370. The predicted octanol–water partition coefficient (Wildman–Crippen LogP) is 4.07. The lowest BCUT2D eigenvalue weighted by Crippen LogP contribution is -2.30. The first-order valence-electron chi connectivity index (χ1n) is 8.64. The molecule has 122 valence electrons. The molecule has 2 amide bonds. The van der Waals surface area contributed by atoms with Gasteiger partial charge in [0.05, 0.1) is 17.5 Å². The average Bonchev–Trinajstić information content (AvgIpc) is 2.86. The van der Waals surface area contributed by atoms with Gasteiger partial charge in [-0.1, -0.05) is 42.5 Å². The number of hydrogen-bond acceptors (Lipinski definition) is 2. The molecule has 0 radical (unpaired) electrons. The quantitative estimate of drug-likeness (QED) is 0.783. The Kier molecular flexibility index (Phi) is 3.72. The van der Waals surface area contributed by atoms with E-state index in [-0.39, 0.29) is 23.7 Å². The normalized spacial score (nSPS) is 26.5. The van der Waals surface area contributed by atoms with Crippen LogP contribution in [0, 0.1) is 18.8 Å². The summed E-state index contributed by atoms with van der Waals surface area (Å²) in [5, 5.41) is 0. The maximum absolute atomic E-state index is 12.9. The van der Waals surface area contributed by atoms with Crippen LogP contribution >= 0.6 is 0 Å². The molecule has 1 saturated carbocycles. The van der Waals surface area contributed by atoms with Crippen LogP contribution in [-0.4, -0.2) is 11.8 Å². The third-order valence-corrected chi connectivity index (χ3v) is 5.46. The number of carbonyl (C=O) groups excluding carboxylic acids is 2. The van der Waals surface area contributed by atoms with Crippen molar-refractivity contribution in [2.75, 3.05) is 4.90 Å². The molecule has 1 aliphatic heterocycles. The first-order valence-corrected chi connectivity index (χ1v) is 8.64. The summed E-state index contributed by atoms with van der Waals surface area (Å²) in [7, 11) is 0. The topological polar surface area (TPSA) is 37.4 Å². The van der Waals surface area contributed by atoms with E-state index in [1.165, 1.54) is 10.5 Å². The first-order chi connectivity index (χ1) is 11.6. The Morgan fingerprint density at radius 3 is 2.38 bits per heavy atom. The standard InChI is InChI=1S/C21H21NO2/c1-14-6-5-9-17(12-14)22-20(23)18-11-10-16(13-19(18)21(22)24)15-7-3-2-4-8-15/h2-9,12,16,18-19H,10-11,13H2,1H3/t16-,18-,19+/m1/s1. The Morgan fingerprint density at radius 1 is 0.875 bits per heavy atom. The molecule has 0 unspecified atom stereocenters. The van der Waals surface area contributed by atoms with E-state index < -0.39 is 0 Å². The lowest BCUT2D eigenvalue weighted by Gasteiger charge is -2.28. The van der Waals surface area contributed by atoms with Crippen LogP contribution in [0.5, 0.6) is 0 Å². The van der Waals surface area contributed by atoms with Crippen molar-refractivity contribution in [3.05, 3.63) is 65.7 Å². The van der Waals surface area contributed by atoms with Crippen LogP contribution in [0.1, 0.15) is 36.3 Å². The molecule has 2 aromatic carbocycles. The van der Waals surface area contributed by atoms with Gasteiger partial charge in [0.1, 0.15) is 0 Å². The number of imide groups is 1. The zero-order valence-corrected chi connectivity index (χ0v) is 13.8. The van der Waals surface area contributed by atoms with Crippen LogP contribution in [0.4, 0.5) is 5.69 Å². The molecule has 2 aliphatic rings. The van der Waals surface area contributed by atoms with E-state index in [4.69, 9.17) is 0 Å². The maximum atomic E-state index is 12.9. The van der Waals surface area contributed by atoms with E-state index in [1.807, 2.05) is 49.4 Å². The van der Waals surface area contributed by atoms with E-state index in [9.17, 15) is 9.59 Å². The molecule has 1 aliphatic carbocycles. The van der Waals surface area contributed by atoms with Crippen molar-refractivity contribution >= 4 is 17.5 Å². The fourth-order valence-electron chi connectivity index (χ4n) is 4.23. The van der Waals surface area contributed by atoms with E-state index in [2.05, 4.69) is 12.1 Å². The summed E-state index contributed by atoms with van der Waals surface area (Å²) in [6.45, 7) is 1.98. The van der Waals surface area contributed by atoms with Crippen molar-refractivity contribution in [3.63, 3.8) is 0 Å². The molecular weight excluding hydrogens is 298 g/mol. The number of aryl methyl sites for hydroxylation is 1. The Labute approximate surface area is 142 Å². The summed E-state index contributed by atoms with van der Waals surface area (Å²) in [4.78, 5) is 27.2. The minimum Gasteiger partial charge on any atom is -0.274 e. The number of rotatable bonds is 2. The minimum absolute atomic E-state index is 0.0119. The lowest BCUT2D eigenvalue weighted by atomic mass is 9.73. The van der Waals surface area contributed by atoms with E-state index in [1.54, 1.807) is 0 Å². The number of benzene rings is 2. The van der Waals surface area contributed by atoms with Crippen molar-refractivity contribution in [2.45, 2.75) is 32.1 Å². The van der Waals surface area contributed by atoms with Gasteiger partial charge in [-0.25, -0.2) is 0 Å². The van der Waals surface area contributed by atoms with Crippen molar-refractivity contribution in [3.8, 4) is 0 Å². The Morgan fingerprint density at radius 2 is 1.62 bits per heavy atom. The monoisotopic (exact) mass is 319 g/mol. The largest absolute Gasteiger partial charge is 0.274 e. The molecule has 2 fully saturated rings. The Bertz CT molecular complexity index is 783. The van der Waals surface area contributed by atoms with E-state index in [0.29, 0.717) is 5.92 Å². The van der Waals surface area contributed by atoms with Crippen molar-refractivity contribution in [1.82, 2.24) is 0 Å². The second-order valence-corrected chi connectivity index (χ2v) is 6.98. The second kappa shape index (κ2) is 5.90. The first kappa shape index (κ1) is 15.1. The molecule has 1 saturated heterocycles. The zero-order valence-electron chi connectivity index (χ0n) is 13.8. The van der Waals surface area contributed by atoms with Crippen LogP contribution in [0.15, 0.2) is 54.6 Å². The maximum Gasteiger partial charge on any atom is 0.237 e. The highest BCUT2D eigenvalue weighted by molar-refractivity contribution is 6.22. The Hall–Kier alpha value is -2.42. The highest BCUT2D eigenvalue weighted by Crippen LogP contribution is 2.45. The molecule has 2 aromatic rings. The molecule has 3 heteroatoms. The predicted molar refractivity (Wildman–Crippen MR) is 93.7 cm³/mol. The number of hydrogen-bond donors (Lipinski definition) is 0. The number of fused-ring (bicyclic) bond motifs is 1. The lowest BCUT2D eigenvalue weighted by molar-refractivity contribution is -0.122. The Balaban J connectivity index is 1.61. The van der Waals surface area contributed by atoms with Gasteiger partial charge in [-0.2, -0.15) is 0 Å². The molecular formula is C21H21NO2. The van der Waals surface area contributed by atoms with Gasteiger partial charge in [0.2, 0.25) is 11.8 Å². The van der Waals surface area contributed by atoms with Crippen molar-refractivity contribution in [2.24, 2.45) is 11.8 Å². The summed E-state index contributed by atoms with van der Waals surface area (Å²) in [6, 6.07) is 18.0. The summed E-state index contributed by atoms with van der Waals surface area (Å²) in [6.07, 6.45) is 2.56. The highest BCUT2D eigenvalue weighted by atomic mass is 16.2. The number of nitrogens with zero attached hydrogens (tertiary/aromatic N) is 1. The minimum atomic E-state index is -0.169. The second-order valence-electron chi connectivity index (χ2n) is 6.98. The fraction of sp³-hybridized carbons (Fsp3) is 0.333. The molecule has 3 atom stereocenters. The number of carbonyl (C=O) groups is 2. The molecule has 0 spiro atoms. The third kappa shape index (κ3) is 2.44. The number of anilines is 1. The smallest absolute Gasteiger partial charge is 0.237 e. The van der Waals surface area contributed by atoms with E-state index in [0.717, 1.165) is 30.5 Å². The van der Waals surface area contributed by atoms with Gasteiger partial charge in [-0.05, 0) is 55.4 Å². The summed E-state index contributed by atoms with van der Waals surface area (Å²) in [5.41, 5.74) is 3.06. The molecule has 1 heterocycles. The van der Waals surface area contributed by atoms with Gasteiger partial charge >= 0.3 is 0 Å². The van der Waals surface area contributed by atoms with Gasteiger partial charge in [0, 0.05) is 0 Å². The van der Waals surface area contributed by atoms with Crippen LogP contribution < -0.4 is 4.90 Å². The average molecular weight is 319 g/mol. The van der Waals surface area contributed by atoms with Crippen LogP contribution in [0.25, 0.3) is 0 Å². The fourth-order valence-corrected chi connectivity index (χ4v) is 4.23. The van der Waals surface area contributed by atoms with Crippen molar-refractivity contribution in [1.29, 1.82) is 0 Å².